The minimum atomic E-state index is 1.01. The molecule has 1 N–H and O–H groups in total. The Bertz CT molecular complexity index is 465. The lowest BCUT2D eigenvalue weighted by atomic mass is 10.1. The molecule has 0 atom stereocenters. The summed E-state index contributed by atoms with van der Waals surface area (Å²) >= 11 is 0. The van der Waals surface area contributed by atoms with Gasteiger partial charge in [0.1, 0.15) is 0 Å². The molecule has 172 valence electrons. The predicted molar refractivity (Wildman–Crippen MR) is 136 cm³/mol. The van der Waals surface area contributed by atoms with E-state index in [1.165, 1.54) is 121 Å². The number of unbranched alkanes of at least 4 members (excludes halogenated alkanes) is 16. The first-order valence-electron chi connectivity index (χ1n) is 13.3. The third-order valence-corrected chi connectivity index (χ3v) is 6.04. The molecule has 1 rings (SSSR count). The standard InChI is InChI=1S/C29H51N/c1-2-3-4-5-6-7-8-9-10-11-12-13-14-15-16-17-18-19-20-24-27-30-28-29-25-22-21-23-26-29/h9-10,21-23,25-26,30H,2-8,11-20,24,27-28H2,1H3. The fraction of sp³-hybridized carbons (Fsp3) is 0.724. The molecule has 0 aliphatic rings. The van der Waals surface area contributed by atoms with Gasteiger partial charge in [0.05, 0.1) is 0 Å². The van der Waals surface area contributed by atoms with E-state index in [9.17, 15) is 0 Å². The fourth-order valence-electron chi connectivity index (χ4n) is 4.03. The molecule has 0 aromatic heterocycles. The van der Waals surface area contributed by atoms with Crippen molar-refractivity contribution in [1.82, 2.24) is 5.32 Å². The summed E-state index contributed by atoms with van der Waals surface area (Å²) in [6, 6.07) is 10.7. The number of hydrogen-bond acceptors (Lipinski definition) is 1. The van der Waals surface area contributed by atoms with Gasteiger partial charge < -0.3 is 5.32 Å². The summed E-state index contributed by atoms with van der Waals surface area (Å²) in [6.07, 6.45) is 30.1. The van der Waals surface area contributed by atoms with Gasteiger partial charge >= 0.3 is 0 Å². The first kappa shape index (κ1) is 27.0. The molecular weight excluding hydrogens is 362 g/mol. The highest BCUT2D eigenvalue weighted by Gasteiger charge is 1.94. The van der Waals surface area contributed by atoms with Crippen molar-refractivity contribution in [3.05, 3.63) is 48.0 Å². The number of benzene rings is 1. The van der Waals surface area contributed by atoms with Crippen LogP contribution in [0.5, 0.6) is 0 Å². The van der Waals surface area contributed by atoms with Gasteiger partial charge in [-0.15, -0.1) is 0 Å². The lowest BCUT2D eigenvalue weighted by Crippen LogP contribution is -2.14. The van der Waals surface area contributed by atoms with Crippen LogP contribution in [-0.4, -0.2) is 6.54 Å². The predicted octanol–water partition coefficient (Wildman–Crippen LogP) is 9.37. The highest BCUT2D eigenvalue weighted by molar-refractivity contribution is 5.14. The molecule has 0 saturated heterocycles. The summed E-state index contributed by atoms with van der Waals surface area (Å²) in [6.45, 7) is 4.45. The van der Waals surface area contributed by atoms with E-state index in [2.05, 4.69) is 54.7 Å². The van der Waals surface area contributed by atoms with Crippen LogP contribution in [0.1, 0.15) is 128 Å². The third-order valence-electron chi connectivity index (χ3n) is 6.04. The molecule has 0 fully saturated rings. The Hall–Kier alpha value is -1.08. The van der Waals surface area contributed by atoms with Crippen LogP contribution in [0.3, 0.4) is 0 Å². The molecule has 0 aliphatic heterocycles. The Morgan fingerprint density at radius 3 is 1.57 bits per heavy atom. The zero-order valence-electron chi connectivity index (χ0n) is 20.2. The Kier molecular flexibility index (Phi) is 20.3. The smallest absolute Gasteiger partial charge is 0.0205 e. The molecule has 0 amide bonds. The van der Waals surface area contributed by atoms with E-state index in [1.807, 2.05) is 0 Å². The molecule has 0 heterocycles. The average molecular weight is 414 g/mol. The van der Waals surface area contributed by atoms with Crippen molar-refractivity contribution in [2.45, 2.75) is 129 Å². The Morgan fingerprint density at radius 2 is 1.03 bits per heavy atom. The molecule has 1 aromatic rings. The van der Waals surface area contributed by atoms with E-state index >= 15 is 0 Å². The van der Waals surface area contributed by atoms with Crippen LogP contribution in [0.25, 0.3) is 0 Å². The summed E-state index contributed by atoms with van der Waals surface area (Å²) in [5.41, 5.74) is 1.39. The van der Waals surface area contributed by atoms with Crippen molar-refractivity contribution in [1.29, 1.82) is 0 Å². The van der Waals surface area contributed by atoms with Gasteiger partial charge in [-0.3, -0.25) is 0 Å². The third kappa shape index (κ3) is 18.9. The summed E-state index contributed by atoms with van der Waals surface area (Å²) in [5.74, 6) is 0. The lowest BCUT2D eigenvalue weighted by Gasteiger charge is -2.05. The van der Waals surface area contributed by atoms with Gasteiger partial charge in [-0.2, -0.15) is 0 Å². The minimum Gasteiger partial charge on any atom is -0.313 e. The van der Waals surface area contributed by atoms with Gasteiger partial charge in [-0.25, -0.2) is 0 Å². The van der Waals surface area contributed by atoms with Crippen molar-refractivity contribution >= 4 is 0 Å². The largest absolute Gasteiger partial charge is 0.313 e. The second-order valence-corrected chi connectivity index (χ2v) is 9.01. The molecular formula is C29H51N. The molecule has 0 saturated carbocycles. The van der Waals surface area contributed by atoms with E-state index < -0.39 is 0 Å². The van der Waals surface area contributed by atoms with Crippen molar-refractivity contribution in [3.8, 4) is 0 Å². The van der Waals surface area contributed by atoms with Crippen molar-refractivity contribution < 1.29 is 0 Å². The second-order valence-electron chi connectivity index (χ2n) is 9.01. The summed E-state index contributed by atoms with van der Waals surface area (Å²) in [7, 11) is 0. The second kappa shape index (κ2) is 22.6. The maximum Gasteiger partial charge on any atom is 0.0205 e. The number of hydrogen-bond donors (Lipinski definition) is 1. The fourth-order valence-corrected chi connectivity index (χ4v) is 4.03. The first-order chi connectivity index (χ1) is 14.9. The van der Waals surface area contributed by atoms with Crippen LogP contribution in [0, 0.1) is 0 Å². The van der Waals surface area contributed by atoms with E-state index in [4.69, 9.17) is 0 Å². The highest BCUT2D eigenvalue weighted by Crippen LogP contribution is 2.12. The molecule has 0 aliphatic carbocycles. The van der Waals surface area contributed by atoms with E-state index in [1.54, 1.807) is 0 Å². The molecule has 1 heteroatoms. The minimum absolute atomic E-state index is 1.01. The molecule has 0 radical (unpaired) electrons. The first-order valence-corrected chi connectivity index (χ1v) is 13.3. The van der Waals surface area contributed by atoms with E-state index in [0.29, 0.717) is 0 Å². The van der Waals surface area contributed by atoms with Gasteiger partial charge in [-0.05, 0) is 44.2 Å². The van der Waals surface area contributed by atoms with Crippen molar-refractivity contribution in [3.63, 3.8) is 0 Å². The topological polar surface area (TPSA) is 12.0 Å². The summed E-state index contributed by atoms with van der Waals surface area (Å²) in [5, 5.41) is 3.56. The Balaban J connectivity index is 1.69. The van der Waals surface area contributed by atoms with Crippen molar-refractivity contribution in [2.75, 3.05) is 6.54 Å². The van der Waals surface area contributed by atoms with Crippen LogP contribution in [0.15, 0.2) is 42.5 Å². The van der Waals surface area contributed by atoms with Gasteiger partial charge in [0, 0.05) is 6.54 Å². The Morgan fingerprint density at radius 1 is 0.567 bits per heavy atom. The van der Waals surface area contributed by atoms with Crippen LogP contribution >= 0.6 is 0 Å². The van der Waals surface area contributed by atoms with Gasteiger partial charge in [0.2, 0.25) is 0 Å². The number of allylic oxidation sites excluding steroid dienone is 2. The Labute approximate surface area is 189 Å². The zero-order valence-corrected chi connectivity index (χ0v) is 20.2. The van der Waals surface area contributed by atoms with Crippen LogP contribution in [0.2, 0.25) is 0 Å². The van der Waals surface area contributed by atoms with Crippen LogP contribution in [-0.2, 0) is 6.54 Å². The van der Waals surface area contributed by atoms with Gasteiger partial charge in [-0.1, -0.05) is 133 Å². The number of rotatable bonds is 22. The molecule has 1 aromatic carbocycles. The monoisotopic (exact) mass is 413 g/mol. The van der Waals surface area contributed by atoms with E-state index in [0.717, 1.165) is 13.1 Å². The molecule has 0 spiro atoms. The molecule has 0 bridgehead atoms. The molecule has 1 nitrogen and oxygen atoms in total. The zero-order chi connectivity index (χ0) is 21.4. The normalized spacial score (nSPS) is 11.5. The lowest BCUT2D eigenvalue weighted by molar-refractivity contribution is 0.541. The van der Waals surface area contributed by atoms with E-state index in [-0.39, 0.29) is 0 Å². The van der Waals surface area contributed by atoms with Crippen LogP contribution < -0.4 is 5.32 Å². The number of nitrogens with one attached hydrogen (secondary N) is 1. The summed E-state index contributed by atoms with van der Waals surface area (Å²) in [4.78, 5) is 0. The SMILES string of the molecule is CCCCCCCCC=CCCCCCCCCCCCCNCc1ccccc1. The van der Waals surface area contributed by atoms with Crippen molar-refractivity contribution in [2.24, 2.45) is 0 Å². The highest BCUT2D eigenvalue weighted by atomic mass is 14.8. The maximum absolute atomic E-state index is 3.56. The quantitative estimate of drug-likeness (QED) is 0.147. The molecule has 0 unspecified atom stereocenters. The summed E-state index contributed by atoms with van der Waals surface area (Å²) < 4.78 is 0. The average Bonchev–Trinajstić information content (AvgIpc) is 2.78. The maximum atomic E-state index is 3.56. The van der Waals surface area contributed by atoms with Gasteiger partial charge in [0.15, 0.2) is 0 Å². The molecule has 30 heavy (non-hydrogen) atoms. The van der Waals surface area contributed by atoms with Gasteiger partial charge in [0.25, 0.3) is 0 Å². The van der Waals surface area contributed by atoms with Crippen LogP contribution in [0.4, 0.5) is 0 Å².